The fraction of sp³-hybridized carbons (Fsp3) is 0.182. The summed E-state index contributed by atoms with van der Waals surface area (Å²) in [5.74, 6) is 0.468. The fourth-order valence-corrected chi connectivity index (χ4v) is 1.66. The number of benzene rings is 1. The van der Waals surface area contributed by atoms with Gasteiger partial charge >= 0.3 is 0 Å². The summed E-state index contributed by atoms with van der Waals surface area (Å²) in [5, 5.41) is 10.8. The van der Waals surface area contributed by atoms with Crippen molar-refractivity contribution in [3.63, 3.8) is 0 Å². The summed E-state index contributed by atoms with van der Waals surface area (Å²) in [6.07, 6.45) is 1.37. The maximum Gasteiger partial charge on any atom is 0.248 e. The van der Waals surface area contributed by atoms with E-state index in [0.29, 0.717) is 16.5 Å². The van der Waals surface area contributed by atoms with Crippen LogP contribution in [0.1, 0.15) is 0 Å². The third-order valence-electron chi connectivity index (χ3n) is 2.27. The van der Waals surface area contributed by atoms with E-state index in [-0.39, 0.29) is 18.3 Å². The molecule has 0 spiro atoms. The lowest BCUT2D eigenvalue weighted by Crippen LogP contribution is -2.20. The molecule has 0 bridgehead atoms. The topological polar surface area (TPSA) is 95.1 Å². The van der Waals surface area contributed by atoms with Crippen molar-refractivity contribution in [1.82, 2.24) is 15.0 Å². The quantitative estimate of drug-likeness (QED) is 0.877. The van der Waals surface area contributed by atoms with Crippen LogP contribution in [0.5, 0.6) is 5.75 Å². The van der Waals surface area contributed by atoms with E-state index in [2.05, 4.69) is 15.5 Å². The number of rotatable bonds is 4. The van der Waals surface area contributed by atoms with Gasteiger partial charge in [0, 0.05) is 5.02 Å². The van der Waals surface area contributed by atoms with Gasteiger partial charge in [-0.25, -0.2) is 0 Å². The average Bonchev–Trinajstić information content (AvgIpc) is 2.75. The van der Waals surface area contributed by atoms with Gasteiger partial charge in [-0.1, -0.05) is 11.6 Å². The van der Waals surface area contributed by atoms with Crippen molar-refractivity contribution in [2.45, 2.75) is 6.54 Å². The minimum absolute atomic E-state index is 0.0487. The van der Waals surface area contributed by atoms with Crippen molar-refractivity contribution in [1.29, 1.82) is 0 Å². The van der Waals surface area contributed by atoms with E-state index in [0.717, 1.165) is 0 Å². The Bertz CT molecular complexity index is 599. The van der Waals surface area contributed by atoms with E-state index < -0.39 is 0 Å². The minimum Gasteiger partial charge on any atom is -0.495 e. The molecule has 3 N–H and O–H groups in total. The predicted octanol–water partition coefficient (Wildman–Crippen LogP) is 1.16. The number of halogens is 1. The Hall–Kier alpha value is -2.28. The number of anilines is 2. The first-order valence-corrected chi connectivity index (χ1v) is 5.75. The number of hydrogen-bond donors (Lipinski definition) is 2. The lowest BCUT2D eigenvalue weighted by molar-refractivity contribution is -0.117. The monoisotopic (exact) mass is 281 g/mol. The molecule has 1 heterocycles. The van der Waals surface area contributed by atoms with Gasteiger partial charge < -0.3 is 15.8 Å². The van der Waals surface area contributed by atoms with Gasteiger partial charge in [0.05, 0.1) is 19.0 Å². The molecule has 8 heteroatoms. The Kier molecular flexibility index (Phi) is 3.86. The Balaban J connectivity index is 2.08. The molecule has 100 valence electrons. The van der Waals surface area contributed by atoms with Gasteiger partial charge in [0.1, 0.15) is 12.3 Å². The first-order chi connectivity index (χ1) is 9.08. The molecule has 0 aliphatic rings. The highest BCUT2D eigenvalue weighted by molar-refractivity contribution is 6.31. The molecule has 19 heavy (non-hydrogen) atoms. The van der Waals surface area contributed by atoms with Crippen LogP contribution in [0.3, 0.4) is 0 Å². The van der Waals surface area contributed by atoms with Gasteiger partial charge in [0.15, 0.2) is 5.82 Å². The number of nitrogens with zero attached hydrogens (tertiary/aromatic N) is 3. The molecule has 0 saturated carbocycles. The summed E-state index contributed by atoms with van der Waals surface area (Å²) in [5.41, 5.74) is 5.90. The number of carbonyl (C=O) groups excluding carboxylic acids is 1. The Morgan fingerprint density at radius 1 is 1.58 bits per heavy atom. The van der Waals surface area contributed by atoms with Crippen LogP contribution in [0.25, 0.3) is 0 Å². The van der Waals surface area contributed by atoms with Gasteiger partial charge in [-0.05, 0) is 18.2 Å². The molecule has 0 aliphatic carbocycles. The molecule has 2 rings (SSSR count). The molecule has 1 amide bonds. The summed E-state index contributed by atoms with van der Waals surface area (Å²) in [7, 11) is 1.51. The first-order valence-electron chi connectivity index (χ1n) is 5.37. The molecule has 0 atom stereocenters. The largest absolute Gasteiger partial charge is 0.495 e. The number of hydrogen-bond acceptors (Lipinski definition) is 5. The first kappa shape index (κ1) is 13.2. The molecule has 1 aromatic carbocycles. The highest BCUT2D eigenvalue weighted by Gasteiger charge is 2.10. The second-order valence-corrected chi connectivity index (χ2v) is 4.13. The zero-order valence-corrected chi connectivity index (χ0v) is 10.9. The number of methoxy groups -OCH3 is 1. The zero-order chi connectivity index (χ0) is 13.8. The zero-order valence-electron chi connectivity index (χ0n) is 10.1. The van der Waals surface area contributed by atoms with Crippen LogP contribution in [-0.4, -0.2) is 28.0 Å². The Morgan fingerprint density at radius 3 is 3.00 bits per heavy atom. The minimum atomic E-state index is -0.309. The summed E-state index contributed by atoms with van der Waals surface area (Å²) in [6.45, 7) is -0.0487. The van der Waals surface area contributed by atoms with Gasteiger partial charge in [-0.2, -0.15) is 9.90 Å². The highest BCUT2D eigenvalue weighted by atomic mass is 35.5. The molecule has 0 saturated heterocycles. The van der Waals surface area contributed by atoms with Crippen LogP contribution in [0.4, 0.5) is 11.5 Å². The predicted molar refractivity (Wildman–Crippen MR) is 71.1 cm³/mol. The normalized spacial score (nSPS) is 10.2. The number of carbonyl (C=O) groups is 1. The van der Waals surface area contributed by atoms with Crippen molar-refractivity contribution in [2.75, 3.05) is 18.2 Å². The average molecular weight is 282 g/mol. The smallest absolute Gasteiger partial charge is 0.248 e. The Morgan fingerprint density at radius 2 is 2.37 bits per heavy atom. The van der Waals surface area contributed by atoms with E-state index in [9.17, 15) is 4.79 Å². The van der Waals surface area contributed by atoms with Crippen molar-refractivity contribution >= 4 is 29.0 Å². The molecule has 0 unspecified atom stereocenters. The van der Waals surface area contributed by atoms with E-state index in [4.69, 9.17) is 22.1 Å². The summed E-state index contributed by atoms with van der Waals surface area (Å²) in [4.78, 5) is 13.0. The van der Waals surface area contributed by atoms with Crippen LogP contribution >= 0.6 is 11.6 Å². The van der Waals surface area contributed by atoms with Crippen LogP contribution < -0.4 is 15.8 Å². The lowest BCUT2D eigenvalue weighted by Gasteiger charge is -2.10. The van der Waals surface area contributed by atoms with Crippen molar-refractivity contribution in [2.24, 2.45) is 0 Å². The second-order valence-electron chi connectivity index (χ2n) is 3.69. The number of ether oxygens (including phenoxy) is 1. The van der Waals surface area contributed by atoms with Crippen LogP contribution in [0.2, 0.25) is 5.02 Å². The second kappa shape index (κ2) is 5.57. The third kappa shape index (κ3) is 3.35. The van der Waals surface area contributed by atoms with Crippen LogP contribution in [0, 0.1) is 0 Å². The molecule has 1 aromatic heterocycles. The lowest BCUT2D eigenvalue weighted by atomic mass is 10.3. The Labute approximate surface area is 114 Å². The molecule has 0 aliphatic heterocycles. The molecule has 0 radical (unpaired) electrons. The van der Waals surface area contributed by atoms with Crippen molar-refractivity contribution in [3.8, 4) is 5.75 Å². The van der Waals surface area contributed by atoms with E-state index in [1.807, 2.05) is 0 Å². The maximum atomic E-state index is 11.8. The molecule has 7 nitrogen and oxygen atoms in total. The van der Waals surface area contributed by atoms with E-state index in [1.54, 1.807) is 18.2 Å². The standard InChI is InChI=1S/C11H12ClN5O2/c1-19-9-3-2-7(12)4-8(9)15-11(18)6-17-14-5-10(13)16-17/h2-5H,6H2,1H3,(H2,13,16)(H,15,18). The molecular formula is C11H12ClN5O2. The number of nitrogens with one attached hydrogen (secondary N) is 1. The number of nitrogens with two attached hydrogens (primary N) is 1. The molecule has 2 aromatic rings. The third-order valence-corrected chi connectivity index (χ3v) is 2.51. The number of nitrogen functional groups attached to an aromatic ring is 1. The van der Waals surface area contributed by atoms with Crippen LogP contribution in [0.15, 0.2) is 24.4 Å². The fourth-order valence-electron chi connectivity index (χ4n) is 1.48. The highest BCUT2D eigenvalue weighted by Crippen LogP contribution is 2.27. The van der Waals surface area contributed by atoms with Gasteiger partial charge in [0.25, 0.3) is 0 Å². The van der Waals surface area contributed by atoms with Crippen LogP contribution in [-0.2, 0) is 11.3 Å². The van der Waals surface area contributed by atoms with Crippen molar-refractivity contribution in [3.05, 3.63) is 29.4 Å². The number of amides is 1. The summed E-state index contributed by atoms with van der Waals surface area (Å²) < 4.78 is 5.12. The number of aromatic nitrogens is 3. The molecular weight excluding hydrogens is 270 g/mol. The van der Waals surface area contributed by atoms with Gasteiger partial charge in [-0.15, -0.1) is 5.10 Å². The summed E-state index contributed by atoms with van der Waals surface area (Å²) in [6, 6.07) is 4.94. The van der Waals surface area contributed by atoms with E-state index >= 15 is 0 Å². The maximum absolute atomic E-state index is 11.8. The van der Waals surface area contributed by atoms with Gasteiger partial charge in [0.2, 0.25) is 5.91 Å². The SMILES string of the molecule is COc1ccc(Cl)cc1NC(=O)Cn1ncc(N)n1. The van der Waals surface area contributed by atoms with Gasteiger partial charge in [-0.3, -0.25) is 4.79 Å². The summed E-state index contributed by atoms with van der Waals surface area (Å²) >= 11 is 5.87. The van der Waals surface area contributed by atoms with Crippen molar-refractivity contribution < 1.29 is 9.53 Å². The van der Waals surface area contributed by atoms with E-state index in [1.165, 1.54) is 18.1 Å². The molecule has 0 fully saturated rings.